The number of nitro benzene ring substituents is 1. The van der Waals surface area contributed by atoms with Gasteiger partial charge in [0.05, 0.1) is 10.5 Å². The molecule has 1 saturated heterocycles. The maximum Gasteiger partial charge on any atom is 0.339 e. The van der Waals surface area contributed by atoms with Crippen molar-refractivity contribution in [1.82, 2.24) is 10.6 Å². The second-order valence-electron chi connectivity index (χ2n) is 6.40. The van der Waals surface area contributed by atoms with E-state index in [0.717, 1.165) is 38.4 Å². The zero-order valence-electron chi connectivity index (χ0n) is 15.9. The van der Waals surface area contributed by atoms with Crippen LogP contribution in [0.15, 0.2) is 18.2 Å². The molecule has 1 heterocycles. The topological polar surface area (TPSA) is 131 Å². The van der Waals surface area contributed by atoms with E-state index in [-0.39, 0.29) is 11.3 Å². The van der Waals surface area contributed by atoms with Crippen molar-refractivity contribution in [3.63, 3.8) is 0 Å². The zero-order chi connectivity index (χ0) is 20.7. The molecule has 0 bridgehead atoms. The average molecular weight is 392 g/mol. The fourth-order valence-electron chi connectivity index (χ4n) is 2.90. The molecule has 0 spiro atoms. The van der Waals surface area contributed by atoms with Crippen molar-refractivity contribution < 1.29 is 24.0 Å². The molecule has 0 radical (unpaired) electrons. The lowest BCUT2D eigenvalue weighted by molar-refractivity contribution is -0.384. The molecular formula is C18H24N4O6. The number of hydrogen-bond acceptors (Lipinski definition) is 7. The van der Waals surface area contributed by atoms with Crippen LogP contribution < -0.4 is 15.5 Å². The number of carbonyl (C=O) groups excluding carboxylic acids is 3. The van der Waals surface area contributed by atoms with Crippen LogP contribution in [0, 0.1) is 10.1 Å². The fourth-order valence-corrected chi connectivity index (χ4v) is 2.90. The molecule has 0 aliphatic carbocycles. The van der Waals surface area contributed by atoms with Crippen molar-refractivity contribution in [2.75, 3.05) is 24.5 Å². The number of nitrogens with one attached hydrogen (secondary N) is 2. The van der Waals surface area contributed by atoms with Crippen LogP contribution >= 0.6 is 0 Å². The maximum atomic E-state index is 12.3. The first-order chi connectivity index (χ1) is 13.3. The summed E-state index contributed by atoms with van der Waals surface area (Å²) in [5.41, 5.74) is 0.240. The number of hydrogen-bond donors (Lipinski definition) is 2. The molecule has 0 aromatic heterocycles. The summed E-state index contributed by atoms with van der Waals surface area (Å²) < 4.78 is 5.03. The second kappa shape index (κ2) is 9.67. The number of anilines is 1. The van der Waals surface area contributed by atoms with Crippen LogP contribution in [0.1, 0.15) is 43.5 Å². The van der Waals surface area contributed by atoms with Crippen LogP contribution in [0.25, 0.3) is 0 Å². The van der Waals surface area contributed by atoms with Crippen LogP contribution in [0.3, 0.4) is 0 Å². The van der Waals surface area contributed by atoms with Crippen LogP contribution in [0.2, 0.25) is 0 Å². The minimum Gasteiger partial charge on any atom is -0.449 e. The fraction of sp³-hybridized carbons (Fsp3) is 0.500. The Balaban J connectivity index is 2.10. The van der Waals surface area contributed by atoms with Gasteiger partial charge in [-0.1, -0.05) is 0 Å². The number of nitrogens with zero attached hydrogens (tertiary/aromatic N) is 2. The molecule has 0 saturated carbocycles. The number of benzene rings is 1. The van der Waals surface area contributed by atoms with Gasteiger partial charge in [0.2, 0.25) is 0 Å². The zero-order valence-corrected chi connectivity index (χ0v) is 15.9. The van der Waals surface area contributed by atoms with Crippen molar-refractivity contribution in [3.8, 4) is 0 Å². The summed E-state index contributed by atoms with van der Waals surface area (Å²) in [6.45, 7) is 4.78. The van der Waals surface area contributed by atoms with Gasteiger partial charge >= 0.3 is 12.0 Å². The largest absolute Gasteiger partial charge is 0.449 e. The van der Waals surface area contributed by atoms with Crippen molar-refractivity contribution >= 4 is 29.3 Å². The molecule has 28 heavy (non-hydrogen) atoms. The molecule has 10 heteroatoms. The lowest BCUT2D eigenvalue weighted by Gasteiger charge is -2.28. The van der Waals surface area contributed by atoms with Gasteiger partial charge in [-0.3, -0.25) is 20.2 Å². The van der Waals surface area contributed by atoms with Gasteiger partial charge in [0.15, 0.2) is 6.10 Å². The van der Waals surface area contributed by atoms with Crippen molar-refractivity contribution in [2.45, 2.75) is 39.2 Å². The van der Waals surface area contributed by atoms with Crippen LogP contribution in [0.5, 0.6) is 0 Å². The lowest BCUT2D eigenvalue weighted by atomic mass is 10.1. The van der Waals surface area contributed by atoms with Gasteiger partial charge in [0.1, 0.15) is 5.69 Å². The molecule has 1 atom stereocenters. The van der Waals surface area contributed by atoms with Gasteiger partial charge in [-0.25, -0.2) is 9.59 Å². The first kappa shape index (κ1) is 21.1. The summed E-state index contributed by atoms with van der Waals surface area (Å²) in [5.74, 6) is -1.68. The van der Waals surface area contributed by atoms with E-state index in [9.17, 15) is 24.5 Å². The molecule has 1 aromatic rings. The van der Waals surface area contributed by atoms with Gasteiger partial charge in [-0.15, -0.1) is 0 Å². The minimum absolute atomic E-state index is 0.0369. The Hall–Kier alpha value is -3.17. The molecular weight excluding hydrogens is 368 g/mol. The Kier molecular flexibility index (Phi) is 7.30. The first-order valence-electron chi connectivity index (χ1n) is 9.16. The summed E-state index contributed by atoms with van der Waals surface area (Å²) in [4.78, 5) is 48.4. The van der Waals surface area contributed by atoms with Crippen LogP contribution in [-0.2, 0) is 9.53 Å². The van der Waals surface area contributed by atoms with E-state index in [0.29, 0.717) is 12.2 Å². The summed E-state index contributed by atoms with van der Waals surface area (Å²) in [6, 6.07) is 3.42. The van der Waals surface area contributed by atoms with Gasteiger partial charge in [0.25, 0.3) is 11.6 Å². The molecule has 1 aromatic carbocycles. The Morgan fingerprint density at radius 2 is 1.93 bits per heavy atom. The predicted octanol–water partition coefficient (Wildman–Crippen LogP) is 1.98. The van der Waals surface area contributed by atoms with E-state index in [1.54, 1.807) is 6.92 Å². The number of imide groups is 1. The smallest absolute Gasteiger partial charge is 0.339 e. The van der Waals surface area contributed by atoms with E-state index in [4.69, 9.17) is 4.74 Å². The van der Waals surface area contributed by atoms with E-state index < -0.39 is 28.9 Å². The molecule has 1 unspecified atom stereocenters. The van der Waals surface area contributed by atoms with E-state index in [1.165, 1.54) is 19.1 Å². The molecule has 1 fully saturated rings. The Morgan fingerprint density at radius 3 is 2.54 bits per heavy atom. The van der Waals surface area contributed by atoms with E-state index in [1.807, 2.05) is 10.2 Å². The maximum absolute atomic E-state index is 12.3. The van der Waals surface area contributed by atoms with E-state index >= 15 is 0 Å². The quantitative estimate of drug-likeness (QED) is 0.430. The van der Waals surface area contributed by atoms with Crippen molar-refractivity contribution in [3.05, 3.63) is 33.9 Å². The van der Waals surface area contributed by atoms with Gasteiger partial charge in [0, 0.05) is 25.7 Å². The predicted molar refractivity (Wildman–Crippen MR) is 101 cm³/mol. The number of nitro groups is 1. The van der Waals surface area contributed by atoms with Crippen molar-refractivity contribution in [2.24, 2.45) is 0 Å². The highest BCUT2D eigenvalue weighted by Crippen LogP contribution is 2.31. The third-order valence-corrected chi connectivity index (χ3v) is 4.33. The van der Waals surface area contributed by atoms with Crippen LogP contribution in [-0.4, -0.2) is 48.6 Å². The molecule has 10 nitrogen and oxygen atoms in total. The van der Waals surface area contributed by atoms with Gasteiger partial charge in [-0.05, 0) is 45.2 Å². The number of ether oxygens (including phenoxy) is 1. The third kappa shape index (κ3) is 5.41. The lowest BCUT2D eigenvalue weighted by Crippen LogP contribution is -2.44. The van der Waals surface area contributed by atoms with E-state index in [2.05, 4.69) is 5.32 Å². The summed E-state index contributed by atoms with van der Waals surface area (Å²) >= 11 is 0. The Labute approximate surface area is 162 Å². The Bertz CT molecular complexity index is 760. The standard InChI is InChI=1S/C18H24N4O6/c1-3-19-18(25)20-16(23)12(2)28-17(24)13-7-8-14(15(11-13)22(26)27)21-9-5-4-6-10-21/h7-8,11-12H,3-6,9-10H2,1-2H3,(H2,19,20,23,25). The molecule has 2 N–H and O–H groups in total. The summed E-state index contributed by atoms with van der Waals surface area (Å²) in [6.07, 6.45) is 1.76. The Morgan fingerprint density at radius 1 is 1.25 bits per heavy atom. The van der Waals surface area contributed by atoms with Gasteiger partial charge < -0.3 is 15.0 Å². The highest BCUT2D eigenvalue weighted by molar-refractivity contribution is 5.98. The number of esters is 1. The monoisotopic (exact) mass is 392 g/mol. The normalized spacial score (nSPS) is 14.7. The number of rotatable bonds is 6. The number of piperidine rings is 1. The SMILES string of the molecule is CCNC(=O)NC(=O)C(C)OC(=O)c1ccc(N2CCCCC2)c([N+](=O)[O-])c1. The molecule has 152 valence electrons. The molecule has 1 aliphatic heterocycles. The summed E-state index contributed by atoms with van der Waals surface area (Å²) in [7, 11) is 0. The summed E-state index contributed by atoms with van der Waals surface area (Å²) in [5, 5.41) is 15.9. The van der Waals surface area contributed by atoms with Gasteiger partial charge in [-0.2, -0.15) is 0 Å². The first-order valence-corrected chi connectivity index (χ1v) is 9.16. The molecule has 1 aliphatic rings. The highest BCUT2D eigenvalue weighted by atomic mass is 16.6. The number of amides is 3. The number of urea groups is 1. The number of carbonyl (C=O) groups is 3. The molecule has 3 amide bonds. The molecule has 2 rings (SSSR count). The van der Waals surface area contributed by atoms with Crippen molar-refractivity contribution in [1.29, 1.82) is 0 Å². The third-order valence-electron chi connectivity index (χ3n) is 4.33. The highest BCUT2D eigenvalue weighted by Gasteiger charge is 2.25. The minimum atomic E-state index is -1.24. The average Bonchev–Trinajstić information content (AvgIpc) is 2.68. The second-order valence-corrected chi connectivity index (χ2v) is 6.40. The van der Waals surface area contributed by atoms with Crippen LogP contribution in [0.4, 0.5) is 16.2 Å².